The molecular formula is C16H17ClN4O2S. The van der Waals surface area contributed by atoms with Gasteiger partial charge in [0.1, 0.15) is 15.8 Å². The van der Waals surface area contributed by atoms with Crippen molar-refractivity contribution in [2.45, 2.75) is 6.92 Å². The highest BCUT2D eigenvalue weighted by molar-refractivity contribution is 7.26. The van der Waals surface area contributed by atoms with Crippen LogP contribution < -0.4 is 9.64 Å². The fourth-order valence-electron chi connectivity index (χ4n) is 3.02. The van der Waals surface area contributed by atoms with Gasteiger partial charge in [-0.05, 0) is 12.0 Å². The number of rotatable bonds is 2. The molecule has 4 rings (SSSR count). The van der Waals surface area contributed by atoms with Gasteiger partial charge in [0, 0.05) is 24.7 Å². The third kappa shape index (κ3) is 2.66. The first-order chi connectivity index (χ1) is 11.7. The highest BCUT2D eigenvalue weighted by atomic mass is 35.5. The van der Waals surface area contributed by atoms with Crippen LogP contribution in [0.25, 0.3) is 20.3 Å². The fourth-order valence-corrected chi connectivity index (χ4v) is 4.34. The molecule has 1 unspecified atom stereocenters. The Morgan fingerprint density at radius 3 is 3.12 bits per heavy atom. The summed E-state index contributed by atoms with van der Waals surface area (Å²) in [7, 11) is 1.58. The third-order valence-electron chi connectivity index (χ3n) is 4.09. The zero-order valence-corrected chi connectivity index (χ0v) is 15.0. The smallest absolute Gasteiger partial charge is 0.319 e. The van der Waals surface area contributed by atoms with Crippen LogP contribution in [0.3, 0.4) is 0 Å². The fraction of sp³-hybridized carbons (Fsp3) is 0.438. The molecule has 0 aliphatic carbocycles. The maximum Gasteiger partial charge on any atom is 0.319 e. The van der Waals surface area contributed by atoms with E-state index in [-0.39, 0.29) is 0 Å². The van der Waals surface area contributed by atoms with Gasteiger partial charge in [-0.25, -0.2) is 4.98 Å². The number of ether oxygens (including phenoxy) is 2. The van der Waals surface area contributed by atoms with Gasteiger partial charge < -0.3 is 14.4 Å². The minimum atomic E-state index is 0.367. The van der Waals surface area contributed by atoms with Crippen LogP contribution in [0.5, 0.6) is 6.01 Å². The Balaban J connectivity index is 1.98. The minimum Gasteiger partial charge on any atom is -0.467 e. The summed E-state index contributed by atoms with van der Waals surface area (Å²) < 4.78 is 11.9. The number of pyridine rings is 1. The van der Waals surface area contributed by atoms with Crippen LogP contribution in [-0.4, -0.2) is 48.4 Å². The van der Waals surface area contributed by atoms with Crippen molar-refractivity contribution in [2.75, 3.05) is 38.3 Å². The predicted molar refractivity (Wildman–Crippen MR) is 96.5 cm³/mol. The van der Waals surface area contributed by atoms with E-state index in [9.17, 15) is 0 Å². The van der Waals surface area contributed by atoms with Crippen molar-refractivity contribution in [2.24, 2.45) is 5.92 Å². The lowest BCUT2D eigenvalue weighted by Crippen LogP contribution is -2.30. The summed E-state index contributed by atoms with van der Waals surface area (Å²) in [6, 6.07) is 2.34. The second-order valence-electron chi connectivity index (χ2n) is 5.92. The number of methoxy groups -OCH3 is 1. The number of hydrogen-bond acceptors (Lipinski definition) is 7. The molecule has 3 aromatic heterocycles. The predicted octanol–water partition coefficient (Wildman–Crippen LogP) is 3.37. The maximum absolute atomic E-state index is 6.28. The topological polar surface area (TPSA) is 60.4 Å². The van der Waals surface area contributed by atoms with Crippen molar-refractivity contribution in [3.63, 3.8) is 0 Å². The van der Waals surface area contributed by atoms with E-state index in [0.29, 0.717) is 23.7 Å². The SMILES string of the molecule is COc1nc(N2CCOCC(C)C2)c2c(n1)sc1c(Cl)nccc12. The lowest BCUT2D eigenvalue weighted by molar-refractivity contribution is 0.129. The van der Waals surface area contributed by atoms with E-state index in [1.807, 2.05) is 6.07 Å². The molecule has 1 aliphatic rings. The first-order valence-corrected chi connectivity index (χ1v) is 8.98. The summed E-state index contributed by atoms with van der Waals surface area (Å²) in [5.74, 6) is 1.31. The van der Waals surface area contributed by atoms with Crippen LogP contribution >= 0.6 is 22.9 Å². The van der Waals surface area contributed by atoms with Crippen LogP contribution in [0, 0.1) is 5.92 Å². The van der Waals surface area contributed by atoms with Crippen molar-refractivity contribution in [1.29, 1.82) is 0 Å². The molecule has 1 saturated heterocycles. The highest BCUT2D eigenvalue weighted by Crippen LogP contribution is 2.41. The molecule has 0 aromatic carbocycles. The third-order valence-corrected chi connectivity index (χ3v) is 5.59. The summed E-state index contributed by atoms with van der Waals surface area (Å²) in [4.78, 5) is 16.5. The molecule has 1 atom stereocenters. The lowest BCUT2D eigenvalue weighted by atomic mass is 10.1. The van der Waals surface area contributed by atoms with E-state index in [1.54, 1.807) is 13.3 Å². The molecule has 0 bridgehead atoms. The van der Waals surface area contributed by atoms with Gasteiger partial charge in [0.2, 0.25) is 0 Å². The van der Waals surface area contributed by atoms with Gasteiger partial charge >= 0.3 is 6.01 Å². The maximum atomic E-state index is 6.28. The van der Waals surface area contributed by atoms with Gasteiger partial charge in [-0.15, -0.1) is 11.3 Å². The van der Waals surface area contributed by atoms with Crippen molar-refractivity contribution in [3.8, 4) is 6.01 Å². The zero-order valence-electron chi connectivity index (χ0n) is 13.5. The second kappa shape index (κ2) is 6.31. The lowest BCUT2D eigenvalue weighted by Gasteiger charge is -2.24. The van der Waals surface area contributed by atoms with E-state index in [0.717, 1.165) is 45.8 Å². The van der Waals surface area contributed by atoms with E-state index < -0.39 is 0 Å². The second-order valence-corrected chi connectivity index (χ2v) is 7.28. The molecule has 1 aliphatic heterocycles. The quantitative estimate of drug-likeness (QED) is 0.650. The largest absolute Gasteiger partial charge is 0.467 e. The molecule has 0 spiro atoms. The molecule has 4 heterocycles. The molecule has 8 heteroatoms. The first kappa shape index (κ1) is 15.8. The van der Waals surface area contributed by atoms with Crippen LogP contribution in [0.2, 0.25) is 5.15 Å². The molecule has 0 N–H and O–H groups in total. The van der Waals surface area contributed by atoms with Gasteiger partial charge in [-0.2, -0.15) is 9.97 Å². The van der Waals surface area contributed by atoms with Gasteiger partial charge in [-0.1, -0.05) is 18.5 Å². The molecule has 24 heavy (non-hydrogen) atoms. The standard InChI is InChI=1S/C16H17ClN4O2S/c1-9-7-21(5-6-23-8-9)14-11-10-3-4-18-13(17)12(10)24-15(11)20-16(19-14)22-2/h3-4,9H,5-8H2,1-2H3. The number of aromatic nitrogens is 3. The molecule has 0 amide bonds. The number of thiophene rings is 1. The molecule has 3 aromatic rings. The molecular weight excluding hydrogens is 348 g/mol. The van der Waals surface area contributed by atoms with E-state index >= 15 is 0 Å². The Hall–Kier alpha value is -1.70. The van der Waals surface area contributed by atoms with Gasteiger partial charge in [0.05, 0.1) is 30.4 Å². The van der Waals surface area contributed by atoms with Crippen LogP contribution in [0.4, 0.5) is 5.82 Å². The Bertz CT molecular complexity index is 901. The van der Waals surface area contributed by atoms with Crippen molar-refractivity contribution < 1.29 is 9.47 Å². The highest BCUT2D eigenvalue weighted by Gasteiger charge is 2.23. The van der Waals surface area contributed by atoms with Gasteiger partial charge in [-0.3, -0.25) is 0 Å². The minimum absolute atomic E-state index is 0.367. The number of fused-ring (bicyclic) bond motifs is 3. The van der Waals surface area contributed by atoms with E-state index in [2.05, 4.69) is 26.8 Å². The summed E-state index contributed by atoms with van der Waals surface area (Å²) in [5, 5.41) is 2.53. The normalized spacial score (nSPS) is 19.0. The van der Waals surface area contributed by atoms with E-state index in [4.69, 9.17) is 21.1 Å². The van der Waals surface area contributed by atoms with Crippen molar-refractivity contribution in [3.05, 3.63) is 17.4 Å². The molecule has 6 nitrogen and oxygen atoms in total. The average molecular weight is 365 g/mol. The number of hydrogen-bond donors (Lipinski definition) is 0. The monoisotopic (exact) mass is 364 g/mol. The number of halogens is 1. The Morgan fingerprint density at radius 1 is 1.42 bits per heavy atom. The Kier molecular flexibility index (Phi) is 4.15. The van der Waals surface area contributed by atoms with Crippen molar-refractivity contribution in [1.82, 2.24) is 15.0 Å². The first-order valence-electron chi connectivity index (χ1n) is 7.79. The molecule has 1 fully saturated rings. The molecule has 126 valence electrons. The number of nitrogens with zero attached hydrogens (tertiary/aromatic N) is 4. The van der Waals surface area contributed by atoms with Gasteiger partial charge in [0.15, 0.2) is 0 Å². The summed E-state index contributed by atoms with van der Waals surface area (Å²) in [6.07, 6.45) is 1.72. The Labute approximate surface area is 148 Å². The Morgan fingerprint density at radius 2 is 2.29 bits per heavy atom. The van der Waals surface area contributed by atoms with Crippen LogP contribution in [-0.2, 0) is 4.74 Å². The summed E-state index contributed by atoms with van der Waals surface area (Å²) in [5.41, 5.74) is 0. The molecule has 0 saturated carbocycles. The van der Waals surface area contributed by atoms with Gasteiger partial charge in [0.25, 0.3) is 0 Å². The average Bonchev–Trinajstić information content (AvgIpc) is 2.83. The number of anilines is 1. The van der Waals surface area contributed by atoms with Crippen LogP contribution in [0.15, 0.2) is 12.3 Å². The summed E-state index contributed by atoms with van der Waals surface area (Å²) >= 11 is 7.79. The van der Waals surface area contributed by atoms with Crippen molar-refractivity contribution >= 4 is 49.1 Å². The summed E-state index contributed by atoms with van der Waals surface area (Å²) in [6.45, 7) is 5.30. The van der Waals surface area contributed by atoms with Crippen LogP contribution in [0.1, 0.15) is 6.92 Å². The zero-order chi connectivity index (χ0) is 16.7. The molecule has 0 radical (unpaired) electrons. The van der Waals surface area contributed by atoms with E-state index in [1.165, 1.54) is 11.3 Å².